The van der Waals surface area contributed by atoms with Crippen LogP contribution in [0.2, 0.25) is 0 Å². The highest BCUT2D eigenvalue weighted by atomic mass is 16.5. The van der Waals surface area contributed by atoms with Crippen LogP contribution in [0, 0.1) is 6.92 Å². The SMILES string of the molecule is CCOC(=O)c1nn(Cc2ccncc2)c2c1CN(Cc1c(C)[nH]c3ccccc13)CC2. The summed E-state index contributed by atoms with van der Waals surface area (Å²) in [4.78, 5) is 22.7. The highest BCUT2D eigenvalue weighted by molar-refractivity contribution is 5.89. The highest BCUT2D eigenvalue weighted by Crippen LogP contribution is 2.28. The van der Waals surface area contributed by atoms with E-state index in [4.69, 9.17) is 9.84 Å². The summed E-state index contributed by atoms with van der Waals surface area (Å²) in [5.41, 5.74) is 7.32. The van der Waals surface area contributed by atoms with Crippen LogP contribution >= 0.6 is 0 Å². The van der Waals surface area contributed by atoms with Gasteiger partial charge in [0.2, 0.25) is 0 Å². The second-order valence-electron chi connectivity index (χ2n) is 8.24. The van der Waals surface area contributed by atoms with Gasteiger partial charge in [0.1, 0.15) is 0 Å². The number of aromatic nitrogens is 4. The topological polar surface area (TPSA) is 76.0 Å². The lowest BCUT2D eigenvalue weighted by molar-refractivity contribution is 0.0515. The van der Waals surface area contributed by atoms with Crippen molar-refractivity contribution < 1.29 is 9.53 Å². The molecule has 0 bridgehead atoms. The first-order valence-corrected chi connectivity index (χ1v) is 11.1. The van der Waals surface area contributed by atoms with E-state index in [1.54, 1.807) is 12.4 Å². The summed E-state index contributed by atoms with van der Waals surface area (Å²) in [6.07, 6.45) is 4.40. The van der Waals surface area contributed by atoms with Gasteiger partial charge in [0.15, 0.2) is 5.69 Å². The molecule has 1 aliphatic heterocycles. The maximum atomic E-state index is 12.7. The van der Waals surface area contributed by atoms with Crippen molar-refractivity contribution in [3.8, 4) is 0 Å². The van der Waals surface area contributed by atoms with Gasteiger partial charge in [0, 0.05) is 66.3 Å². The maximum absolute atomic E-state index is 12.7. The Morgan fingerprint density at radius 1 is 1.16 bits per heavy atom. The number of rotatable bonds is 6. The van der Waals surface area contributed by atoms with Crippen LogP contribution in [0.25, 0.3) is 10.9 Å². The van der Waals surface area contributed by atoms with Gasteiger partial charge in [-0.05, 0) is 43.2 Å². The van der Waals surface area contributed by atoms with Crippen LogP contribution in [0.3, 0.4) is 0 Å². The Labute approximate surface area is 187 Å². The standard InChI is InChI=1S/C25H27N5O2/c1-3-32-25(31)24-21-16-29(15-20-17(2)27-22-7-5-4-6-19(20)22)13-10-23(21)30(28-24)14-18-8-11-26-12-9-18/h4-9,11-12,27H,3,10,13-16H2,1-2H3. The molecule has 0 amide bonds. The second-order valence-corrected chi connectivity index (χ2v) is 8.24. The van der Waals surface area contributed by atoms with Gasteiger partial charge >= 0.3 is 5.97 Å². The van der Waals surface area contributed by atoms with Crippen molar-refractivity contribution in [2.75, 3.05) is 13.2 Å². The fraction of sp³-hybridized carbons (Fsp3) is 0.320. The van der Waals surface area contributed by atoms with Crippen LogP contribution in [-0.2, 0) is 30.8 Å². The van der Waals surface area contributed by atoms with Crippen molar-refractivity contribution in [1.82, 2.24) is 24.6 Å². The number of esters is 1. The van der Waals surface area contributed by atoms with E-state index in [1.807, 2.05) is 23.7 Å². The number of H-pyrrole nitrogens is 1. The average molecular weight is 430 g/mol. The Hall–Kier alpha value is -3.45. The van der Waals surface area contributed by atoms with Crippen LogP contribution in [0.15, 0.2) is 48.8 Å². The molecule has 0 radical (unpaired) electrons. The Bertz CT molecular complexity index is 1260. The average Bonchev–Trinajstić information content (AvgIpc) is 3.32. The van der Waals surface area contributed by atoms with E-state index in [0.29, 0.717) is 25.4 Å². The van der Waals surface area contributed by atoms with E-state index < -0.39 is 0 Å². The summed E-state index contributed by atoms with van der Waals surface area (Å²) in [5, 5.41) is 5.95. The lowest BCUT2D eigenvalue weighted by atomic mass is 10.0. The fourth-order valence-corrected chi connectivity index (χ4v) is 4.60. The number of ether oxygens (including phenoxy) is 1. The number of pyridine rings is 1. The minimum absolute atomic E-state index is 0.336. The summed E-state index contributed by atoms with van der Waals surface area (Å²) in [6.45, 7) is 7.32. The fourth-order valence-electron chi connectivity index (χ4n) is 4.60. The zero-order chi connectivity index (χ0) is 22.1. The van der Waals surface area contributed by atoms with Crippen molar-refractivity contribution >= 4 is 16.9 Å². The van der Waals surface area contributed by atoms with Crippen LogP contribution in [0.5, 0.6) is 0 Å². The molecule has 0 spiro atoms. The van der Waals surface area contributed by atoms with Crippen molar-refractivity contribution in [2.45, 2.75) is 39.9 Å². The summed E-state index contributed by atoms with van der Waals surface area (Å²) < 4.78 is 7.29. The predicted molar refractivity (Wildman–Crippen MR) is 122 cm³/mol. The number of fused-ring (bicyclic) bond motifs is 2. The van der Waals surface area contributed by atoms with E-state index >= 15 is 0 Å². The van der Waals surface area contributed by atoms with Gasteiger partial charge in [-0.3, -0.25) is 14.6 Å². The molecular weight excluding hydrogens is 402 g/mol. The summed E-state index contributed by atoms with van der Waals surface area (Å²) >= 11 is 0. The van der Waals surface area contributed by atoms with Crippen LogP contribution in [0.1, 0.15) is 45.5 Å². The van der Waals surface area contributed by atoms with Gasteiger partial charge < -0.3 is 9.72 Å². The van der Waals surface area contributed by atoms with E-state index in [2.05, 4.69) is 46.1 Å². The number of benzene rings is 1. The van der Waals surface area contributed by atoms with Crippen LogP contribution in [-0.4, -0.2) is 43.8 Å². The molecule has 0 atom stereocenters. The van der Waals surface area contributed by atoms with E-state index in [0.717, 1.165) is 41.8 Å². The molecule has 7 nitrogen and oxygen atoms in total. The first-order valence-electron chi connectivity index (χ1n) is 11.1. The Kier molecular flexibility index (Phi) is 5.49. The van der Waals surface area contributed by atoms with Gasteiger partial charge in [0.05, 0.1) is 13.2 Å². The molecule has 1 N–H and O–H groups in total. The number of nitrogens with zero attached hydrogens (tertiary/aromatic N) is 4. The number of hydrogen-bond acceptors (Lipinski definition) is 5. The maximum Gasteiger partial charge on any atom is 0.359 e. The molecule has 32 heavy (non-hydrogen) atoms. The third-order valence-corrected chi connectivity index (χ3v) is 6.17. The van der Waals surface area contributed by atoms with Crippen LogP contribution < -0.4 is 0 Å². The second kappa shape index (κ2) is 8.59. The number of aromatic amines is 1. The molecule has 0 unspecified atom stereocenters. The quantitative estimate of drug-likeness (QED) is 0.471. The molecule has 0 fully saturated rings. The smallest absolute Gasteiger partial charge is 0.359 e. The summed E-state index contributed by atoms with van der Waals surface area (Å²) in [5.74, 6) is -0.345. The van der Waals surface area contributed by atoms with Gasteiger partial charge in [-0.1, -0.05) is 18.2 Å². The number of carbonyl (C=O) groups is 1. The van der Waals surface area contributed by atoms with Crippen molar-refractivity contribution in [1.29, 1.82) is 0 Å². The normalized spacial score (nSPS) is 13.9. The van der Waals surface area contributed by atoms with E-state index in [9.17, 15) is 4.79 Å². The molecule has 4 aromatic rings. The third-order valence-electron chi connectivity index (χ3n) is 6.17. The van der Waals surface area contributed by atoms with E-state index in [-0.39, 0.29) is 5.97 Å². The number of nitrogens with one attached hydrogen (secondary N) is 1. The third kappa shape index (κ3) is 3.80. The lowest BCUT2D eigenvalue weighted by Gasteiger charge is -2.28. The summed E-state index contributed by atoms with van der Waals surface area (Å²) in [6, 6.07) is 12.4. The molecule has 1 aliphatic rings. The number of carbonyl (C=O) groups excluding carboxylic acids is 1. The largest absolute Gasteiger partial charge is 0.461 e. The number of hydrogen-bond donors (Lipinski definition) is 1. The molecule has 4 heterocycles. The zero-order valence-corrected chi connectivity index (χ0v) is 18.5. The predicted octanol–water partition coefficient (Wildman–Crippen LogP) is 3.85. The number of para-hydroxylation sites is 1. The lowest BCUT2D eigenvalue weighted by Crippen LogP contribution is -2.31. The highest BCUT2D eigenvalue weighted by Gasteiger charge is 2.29. The molecule has 0 aliphatic carbocycles. The summed E-state index contributed by atoms with van der Waals surface area (Å²) in [7, 11) is 0. The monoisotopic (exact) mass is 429 g/mol. The van der Waals surface area contributed by atoms with Crippen molar-refractivity contribution in [3.05, 3.63) is 82.6 Å². The number of aryl methyl sites for hydroxylation is 1. The Balaban J connectivity index is 1.45. The minimum Gasteiger partial charge on any atom is -0.461 e. The molecule has 0 saturated carbocycles. The van der Waals surface area contributed by atoms with E-state index in [1.165, 1.54) is 16.6 Å². The van der Waals surface area contributed by atoms with Gasteiger partial charge in [-0.15, -0.1) is 0 Å². The molecule has 1 aromatic carbocycles. The van der Waals surface area contributed by atoms with Crippen molar-refractivity contribution in [3.63, 3.8) is 0 Å². The van der Waals surface area contributed by atoms with Crippen LogP contribution in [0.4, 0.5) is 0 Å². The first-order chi connectivity index (χ1) is 15.6. The Morgan fingerprint density at radius 3 is 2.78 bits per heavy atom. The van der Waals surface area contributed by atoms with Gasteiger partial charge in [-0.2, -0.15) is 5.10 Å². The molecule has 7 heteroatoms. The molecular formula is C25H27N5O2. The molecule has 0 saturated heterocycles. The zero-order valence-electron chi connectivity index (χ0n) is 18.5. The Morgan fingerprint density at radius 2 is 1.97 bits per heavy atom. The van der Waals surface area contributed by atoms with Gasteiger partial charge in [0.25, 0.3) is 0 Å². The van der Waals surface area contributed by atoms with Crippen molar-refractivity contribution in [2.24, 2.45) is 0 Å². The van der Waals surface area contributed by atoms with Gasteiger partial charge in [-0.25, -0.2) is 4.79 Å². The molecule has 164 valence electrons. The first kappa shape index (κ1) is 20.5. The minimum atomic E-state index is -0.345. The molecule has 5 rings (SSSR count). The molecule has 3 aromatic heterocycles.